The van der Waals surface area contributed by atoms with E-state index in [1.54, 1.807) is 5.57 Å². The van der Waals surface area contributed by atoms with Crippen molar-refractivity contribution in [3.05, 3.63) is 35.4 Å². The van der Waals surface area contributed by atoms with Gasteiger partial charge in [-0.2, -0.15) is 0 Å². The fraction of sp³-hybridized carbons (Fsp3) is 0.750. The van der Waals surface area contributed by atoms with Crippen LogP contribution in [0.5, 0.6) is 0 Å². The summed E-state index contributed by atoms with van der Waals surface area (Å²) in [4.78, 5) is 12.2. The Morgan fingerprint density at radius 3 is 2.31 bits per heavy atom. The lowest BCUT2D eigenvalue weighted by Crippen LogP contribution is -2.53. The standard InChI is InChI=1S/C36H56N2O/c1-23(2)8-7-9-24(3)29-11-12-31-28-10-13-33-35(5,32(28)15-16-34(29,31)4)17-14-30(36(33,6)18-19-39)25-20-26(37)22-27(38)21-25/h13,19-24,28-32H,7-12,14-18,37-38H2,1-6H3. The summed E-state index contributed by atoms with van der Waals surface area (Å²) in [6.07, 6.45) is 17.6. The van der Waals surface area contributed by atoms with Crippen molar-refractivity contribution in [2.45, 2.75) is 118 Å². The number of rotatable bonds is 8. The Morgan fingerprint density at radius 1 is 0.923 bits per heavy atom. The molecule has 4 N–H and O–H groups in total. The van der Waals surface area contributed by atoms with Gasteiger partial charge in [0.25, 0.3) is 0 Å². The third-order valence-corrected chi connectivity index (χ3v) is 12.9. The van der Waals surface area contributed by atoms with E-state index in [0.29, 0.717) is 11.8 Å². The van der Waals surface area contributed by atoms with Crippen molar-refractivity contribution in [1.82, 2.24) is 0 Å². The molecule has 39 heavy (non-hydrogen) atoms. The highest BCUT2D eigenvalue weighted by molar-refractivity contribution is 5.58. The number of hydrogen-bond donors (Lipinski definition) is 2. The van der Waals surface area contributed by atoms with Crippen LogP contribution < -0.4 is 11.5 Å². The van der Waals surface area contributed by atoms with E-state index in [4.69, 9.17) is 11.5 Å². The monoisotopic (exact) mass is 532 g/mol. The van der Waals surface area contributed by atoms with Gasteiger partial charge in [0.05, 0.1) is 0 Å². The van der Waals surface area contributed by atoms with Gasteiger partial charge in [-0.05, 0) is 121 Å². The Morgan fingerprint density at radius 2 is 1.64 bits per heavy atom. The smallest absolute Gasteiger partial charge is 0.120 e. The molecule has 9 unspecified atom stereocenters. The molecule has 9 atom stereocenters. The molecule has 4 aliphatic carbocycles. The predicted octanol–water partition coefficient (Wildman–Crippen LogP) is 9.18. The molecular formula is C36H56N2O. The van der Waals surface area contributed by atoms with Gasteiger partial charge in [0.1, 0.15) is 6.29 Å². The lowest BCUT2D eigenvalue weighted by atomic mass is 9.42. The van der Waals surface area contributed by atoms with Crippen molar-refractivity contribution < 1.29 is 4.79 Å². The Bertz CT molecular complexity index is 1070. The molecule has 0 amide bonds. The Hall–Kier alpha value is -1.77. The van der Waals surface area contributed by atoms with E-state index in [1.807, 2.05) is 6.07 Å². The first-order valence-corrected chi connectivity index (χ1v) is 16.2. The molecule has 3 nitrogen and oxygen atoms in total. The van der Waals surface area contributed by atoms with Crippen LogP contribution in [0, 0.1) is 51.8 Å². The van der Waals surface area contributed by atoms with Crippen molar-refractivity contribution in [2.24, 2.45) is 51.8 Å². The minimum absolute atomic E-state index is 0.177. The van der Waals surface area contributed by atoms with Crippen molar-refractivity contribution in [3.8, 4) is 0 Å². The minimum atomic E-state index is -0.177. The molecule has 3 saturated carbocycles. The third kappa shape index (κ3) is 4.78. The van der Waals surface area contributed by atoms with Crippen molar-refractivity contribution in [3.63, 3.8) is 0 Å². The zero-order valence-corrected chi connectivity index (χ0v) is 25.8. The highest BCUT2D eigenvalue weighted by atomic mass is 16.1. The third-order valence-electron chi connectivity index (χ3n) is 12.9. The zero-order valence-electron chi connectivity index (χ0n) is 25.8. The van der Waals surface area contributed by atoms with E-state index in [-0.39, 0.29) is 16.7 Å². The first kappa shape index (κ1) is 28.7. The molecule has 0 heterocycles. The van der Waals surface area contributed by atoms with Gasteiger partial charge in [0.15, 0.2) is 0 Å². The predicted molar refractivity (Wildman–Crippen MR) is 165 cm³/mol. The lowest BCUT2D eigenvalue weighted by molar-refractivity contribution is -0.110. The van der Waals surface area contributed by atoms with E-state index >= 15 is 0 Å². The van der Waals surface area contributed by atoms with E-state index < -0.39 is 0 Å². The number of aldehydes is 1. The number of carbonyl (C=O) groups excluding carboxylic acids is 1. The second-order valence-corrected chi connectivity index (χ2v) is 15.5. The fourth-order valence-corrected chi connectivity index (χ4v) is 11.1. The average Bonchev–Trinajstić information content (AvgIpc) is 3.20. The van der Waals surface area contributed by atoms with Gasteiger partial charge in [-0.3, -0.25) is 0 Å². The number of benzene rings is 1. The van der Waals surface area contributed by atoms with Gasteiger partial charge in [-0.1, -0.05) is 72.5 Å². The maximum Gasteiger partial charge on any atom is 0.120 e. The van der Waals surface area contributed by atoms with Crippen LogP contribution in [0.15, 0.2) is 29.8 Å². The van der Waals surface area contributed by atoms with E-state index in [1.165, 1.54) is 69.6 Å². The molecule has 0 spiro atoms. The summed E-state index contributed by atoms with van der Waals surface area (Å²) in [6, 6.07) is 6.05. The Kier molecular flexibility index (Phi) is 7.79. The van der Waals surface area contributed by atoms with Crippen LogP contribution in [-0.4, -0.2) is 6.29 Å². The summed E-state index contributed by atoms with van der Waals surface area (Å²) in [5.74, 6) is 5.22. The van der Waals surface area contributed by atoms with Crippen LogP contribution in [0.1, 0.15) is 124 Å². The molecule has 0 aliphatic heterocycles. The molecule has 1 aromatic rings. The van der Waals surface area contributed by atoms with Gasteiger partial charge in [0.2, 0.25) is 0 Å². The summed E-state index contributed by atoms with van der Waals surface area (Å²) in [6.45, 7) is 14.9. The fourth-order valence-electron chi connectivity index (χ4n) is 11.1. The van der Waals surface area contributed by atoms with Crippen LogP contribution in [0.3, 0.4) is 0 Å². The van der Waals surface area contributed by atoms with Gasteiger partial charge in [-0.25, -0.2) is 0 Å². The maximum atomic E-state index is 12.2. The normalized spacial score (nSPS) is 40.4. The molecule has 0 saturated heterocycles. The first-order valence-electron chi connectivity index (χ1n) is 16.2. The first-order chi connectivity index (χ1) is 18.4. The number of allylic oxidation sites excluding steroid dienone is 2. The second-order valence-electron chi connectivity index (χ2n) is 15.5. The number of fused-ring (bicyclic) bond motifs is 5. The Balaban J connectivity index is 1.43. The van der Waals surface area contributed by atoms with E-state index in [9.17, 15) is 4.79 Å². The summed E-state index contributed by atoms with van der Waals surface area (Å²) >= 11 is 0. The largest absolute Gasteiger partial charge is 0.399 e. The van der Waals surface area contributed by atoms with Gasteiger partial charge < -0.3 is 16.3 Å². The topological polar surface area (TPSA) is 69.1 Å². The van der Waals surface area contributed by atoms with Crippen molar-refractivity contribution >= 4 is 17.7 Å². The highest BCUT2D eigenvalue weighted by Crippen LogP contribution is 2.70. The Labute approximate surface area is 239 Å². The van der Waals surface area contributed by atoms with Crippen LogP contribution in [0.2, 0.25) is 0 Å². The van der Waals surface area contributed by atoms with Crippen LogP contribution in [0.4, 0.5) is 11.4 Å². The molecule has 216 valence electrons. The molecule has 1 aromatic carbocycles. The molecule has 3 fully saturated rings. The number of anilines is 2. The molecule has 5 rings (SSSR count). The second kappa shape index (κ2) is 10.6. The van der Waals surface area contributed by atoms with Gasteiger partial charge in [0, 0.05) is 23.2 Å². The maximum absolute atomic E-state index is 12.2. The number of nitrogens with two attached hydrogens (primary N) is 2. The summed E-state index contributed by atoms with van der Waals surface area (Å²) < 4.78 is 0. The van der Waals surface area contributed by atoms with Crippen LogP contribution >= 0.6 is 0 Å². The summed E-state index contributed by atoms with van der Waals surface area (Å²) in [5, 5.41) is 0. The SMILES string of the molecule is CC(C)CCCC(C)C1CCC2C3CC=C4C(C)(CC=O)C(c5cc(N)cc(N)c5)CCC4(C)C3CCC12C. The minimum Gasteiger partial charge on any atom is -0.399 e. The molecule has 0 radical (unpaired) electrons. The zero-order chi connectivity index (χ0) is 28.2. The van der Waals surface area contributed by atoms with Crippen molar-refractivity contribution in [1.29, 1.82) is 0 Å². The molecule has 3 heteroatoms. The van der Waals surface area contributed by atoms with Crippen LogP contribution in [0.25, 0.3) is 0 Å². The average molecular weight is 533 g/mol. The van der Waals surface area contributed by atoms with Crippen molar-refractivity contribution in [2.75, 3.05) is 11.5 Å². The van der Waals surface area contributed by atoms with Crippen LogP contribution in [-0.2, 0) is 4.79 Å². The van der Waals surface area contributed by atoms with Gasteiger partial charge in [-0.15, -0.1) is 0 Å². The van der Waals surface area contributed by atoms with E-state index in [2.05, 4.69) is 59.8 Å². The summed E-state index contributed by atoms with van der Waals surface area (Å²) in [7, 11) is 0. The number of hydrogen-bond acceptors (Lipinski definition) is 3. The molecule has 4 aliphatic rings. The number of carbonyl (C=O) groups is 1. The quantitative estimate of drug-likeness (QED) is 0.199. The van der Waals surface area contributed by atoms with Gasteiger partial charge >= 0.3 is 0 Å². The molecular weight excluding hydrogens is 476 g/mol. The summed E-state index contributed by atoms with van der Waals surface area (Å²) in [5.41, 5.74) is 17.2. The van der Waals surface area contributed by atoms with E-state index in [0.717, 1.165) is 53.3 Å². The highest BCUT2D eigenvalue weighted by Gasteiger charge is 2.61. The lowest BCUT2D eigenvalue weighted by Gasteiger charge is -2.62. The number of nitrogen functional groups attached to an aromatic ring is 2. The molecule has 0 aromatic heterocycles. The molecule has 0 bridgehead atoms.